The average molecular weight is 337 g/mol. The summed E-state index contributed by atoms with van der Waals surface area (Å²) >= 11 is 6.22. The maximum Gasteiger partial charge on any atom is 0.152 e. The highest BCUT2D eigenvalue weighted by atomic mass is 35.6. The van der Waals surface area contributed by atoms with Crippen molar-refractivity contribution in [2.45, 2.75) is 6.42 Å². The molecule has 0 radical (unpaired) electrons. The number of allylic oxidation sites excluding steroid dienone is 2. The topological polar surface area (TPSA) is 0 Å². The molecule has 116 valence electrons. The Bertz CT molecular complexity index is 741. The van der Waals surface area contributed by atoms with Crippen LogP contribution in [0.1, 0.15) is 28.7 Å². The number of hydrogen-bond donors (Lipinski definition) is 0. The third-order valence-electron chi connectivity index (χ3n) is 3.53. The number of rotatable bonds is 7. The predicted molar refractivity (Wildman–Crippen MR) is 109 cm³/mol. The Morgan fingerprint density at radius 3 is 2.09 bits per heavy atom. The molecule has 0 N–H and O–H groups in total. The van der Waals surface area contributed by atoms with Crippen LogP contribution in [-0.2, 0) is 0 Å². The third kappa shape index (κ3) is 5.55. The Balaban J connectivity index is 2.09. The number of benzene rings is 2. The second kappa shape index (κ2) is 9.14. The van der Waals surface area contributed by atoms with Gasteiger partial charge < -0.3 is 0 Å². The molecule has 0 atom stereocenters. The zero-order valence-electron chi connectivity index (χ0n) is 13.2. The van der Waals surface area contributed by atoms with E-state index in [1.807, 2.05) is 30.4 Å². The maximum absolute atomic E-state index is 6.22. The molecule has 0 heterocycles. The van der Waals surface area contributed by atoms with Crippen LogP contribution in [0.4, 0.5) is 0 Å². The molecule has 0 bridgehead atoms. The van der Waals surface area contributed by atoms with Gasteiger partial charge in [-0.15, -0.1) is 0 Å². The molecule has 2 aromatic carbocycles. The molecular weight excluding hydrogens is 316 g/mol. The van der Waals surface area contributed by atoms with Crippen molar-refractivity contribution < 1.29 is 0 Å². The van der Waals surface area contributed by atoms with Crippen molar-refractivity contribution in [1.82, 2.24) is 0 Å². The molecule has 0 spiro atoms. The summed E-state index contributed by atoms with van der Waals surface area (Å²) in [5.41, 5.74) is 4.64. The Labute approximate surface area is 146 Å². The molecule has 0 fully saturated rings. The minimum atomic E-state index is -0.707. The maximum atomic E-state index is 6.22. The first-order valence-corrected chi connectivity index (χ1v) is 10.5. The monoisotopic (exact) mass is 336 g/mol. The molecule has 0 aromatic heterocycles. The fraction of sp³-hybridized carbons (Fsp3) is 0.0476. The minimum absolute atomic E-state index is 0.707. The summed E-state index contributed by atoms with van der Waals surface area (Å²) in [5, 5.41) is 1.32. The summed E-state index contributed by atoms with van der Waals surface area (Å²) < 4.78 is 0. The molecule has 0 nitrogen and oxygen atoms in total. The van der Waals surface area contributed by atoms with E-state index >= 15 is 0 Å². The van der Waals surface area contributed by atoms with E-state index in [1.165, 1.54) is 16.3 Å². The van der Waals surface area contributed by atoms with E-state index in [0.29, 0.717) is 0 Å². The Morgan fingerprint density at radius 1 is 0.913 bits per heavy atom. The van der Waals surface area contributed by atoms with Crippen molar-refractivity contribution in [2.75, 3.05) is 0 Å². The van der Waals surface area contributed by atoms with Crippen LogP contribution in [0.15, 0.2) is 73.0 Å². The second-order valence-electron chi connectivity index (χ2n) is 5.29. The molecule has 0 aliphatic heterocycles. The van der Waals surface area contributed by atoms with Gasteiger partial charge in [-0.1, -0.05) is 85.1 Å². The third-order valence-corrected chi connectivity index (χ3v) is 5.39. The molecule has 0 saturated heterocycles. The molecule has 2 rings (SSSR count). The van der Waals surface area contributed by atoms with E-state index < -0.39 is 8.83 Å². The lowest BCUT2D eigenvalue weighted by Crippen LogP contribution is -1.88. The van der Waals surface area contributed by atoms with E-state index in [2.05, 4.69) is 61.7 Å². The van der Waals surface area contributed by atoms with Crippen LogP contribution < -0.4 is 0 Å². The standard InChI is InChI=1S/C21H21ClSi/c1-3-17-8-5-10-19(14-17)11-7-13-21(23-22)16-20-12-6-9-18(4-2)15-20/h3-12,14-16H,1-2,13,23H2. The molecule has 0 aliphatic rings. The van der Waals surface area contributed by atoms with Crippen LogP contribution in [0.25, 0.3) is 24.3 Å². The van der Waals surface area contributed by atoms with E-state index in [4.69, 9.17) is 11.1 Å². The van der Waals surface area contributed by atoms with Crippen LogP contribution in [-0.4, -0.2) is 8.83 Å². The van der Waals surface area contributed by atoms with Gasteiger partial charge in [-0.3, -0.25) is 0 Å². The lowest BCUT2D eigenvalue weighted by atomic mass is 10.1. The van der Waals surface area contributed by atoms with E-state index in [1.54, 1.807) is 0 Å². The fourth-order valence-electron chi connectivity index (χ4n) is 2.30. The van der Waals surface area contributed by atoms with Gasteiger partial charge in [0, 0.05) is 0 Å². The second-order valence-corrected chi connectivity index (χ2v) is 7.27. The van der Waals surface area contributed by atoms with Gasteiger partial charge in [0.05, 0.1) is 0 Å². The summed E-state index contributed by atoms with van der Waals surface area (Å²) in [6.07, 6.45) is 11.1. The van der Waals surface area contributed by atoms with Crippen molar-refractivity contribution in [3.05, 3.63) is 95.2 Å². The molecule has 0 aliphatic carbocycles. The molecule has 0 unspecified atom stereocenters. The first-order chi connectivity index (χ1) is 11.2. The Morgan fingerprint density at radius 2 is 1.48 bits per heavy atom. The van der Waals surface area contributed by atoms with Crippen LogP contribution in [0.2, 0.25) is 0 Å². The van der Waals surface area contributed by atoms with Gasteiger partial charge in [0.1, 0.15) is 0 Å². The van der Waals surface area contributed by atoms with Gasteiger partial charge in [0.15, 0.2) is 8.83 Å². The predicted octanol–water partition coefficient (Wildman–Crippen LogP) is 5.74. The van der Waals surface area contributed by atoms with Gasteiger partial charge in [-0.2, -0.15) is 11.1 Å². The lowest BCUT2D eigenvalue weighted by Gasteiger charge is -2.02. The minimum Gasteiger partial charge on any atom is -0.170 e. The van der Waals surface area contributed by atoms with Crippen molar-refractivity contribution in [3.8, 4) is 0 Å². The molecule has 2 heteroatoms. The van der Waals surface area contributed by atoms with E-state index in [0.717, 1.165) is 17.5 Å². The van der Waals surface area contributed by atoms with Crippen molar-refractivity contribution in [1.29, 1.82) is 0 Å². The molecule has 0 amide bonds. The van der Waals surface area contributed by atoms with Crippen molar-refractivity contribution >= 4 is 44.2 Å². The first kappa shape index (κ1) is 17.3. The smallest absolute Gasteiger partial charge is 0.152 e. The highest BCUT2D eigenvalue weighted by Crippen LogP contribution is 2.15. The van der Waals surface area contributed by atoms with Crippen LogP contribution in [0, 0.1) is 0 Å². The molecule has 23 heavy (non-hydrogen) atoms. The highest BCUT2D eigenvalue weighted by molar-refractivity contribution is 6.98. The normalized spacial score (nSPS) is 12.1. The summed E-state index contributed by atoms with van der Waals surface area (Å²) in [4.78, 5) is 0. The Kier molecular flexibility index (Phi) is 6.86. The average Bonchev–Trinajstić information content (AvgIpc) is 2.61. The zero-order chi connectivity index (χ0) is 16.5. The molecule has 2 aromatic rings. The van der Waals surface area contributed by atoms with Gasteiger partial charge in [0.2, 0.25) is 0 Å². The van der Waals surface area contributed by atoms with Crippen LogP contribution >= 0.6 is 11.1 Å². The van der Waals surface area contributed by atoms with Crippen molar-refractivity contribution in [3.63, 3.8) is 0 Å². The lowest BCUT2D eigenvalue weighted by molar-refractivity contribution is 1.37. The van der Waals surface area contributed by atoms with Gasteiger partial charge in [0.25, 0.3) is 0 Å². The molecule has 0 saturated carbocycles. The highest BCUT2D eigenvalue weighted by Gasteiger charge is 1.97. The van der Waals surface area contributed by atoms with Gasteiger partial charge in [-0.05, 0) is 40.8 Å². The number of hydrogen-bond acceptors (Lipinski definition) is 0. The molecular formula is C21H21ClSi. The summed E-state index contributed by atoms with van der Waals surface area (Å²) in [6, 6.07) is 16.6. The largest absolute Gasteiger partial charge is 0.170 e. The van der Waals surface area contributed by atoms with Gasteiger partial charge >= 0.3 is 0 Å². The quantitative estimate of drug-likeness (QED) is 0.446. The SMILES string of the molecule is C=Cc1cccc(C=CCC(=Cc2cccc(C=C)c2)[SiH2]Cl)c1. The Hall–Kier alpha value is -2.09. The van der Waals surface area contributed by atoms with Gasteiger partial charge in [-0.25, -0.2) is 0 Å². The van der Waals surface area contributed by atoms with E-state index in [9.17, 15) is 0 Å². The first-order valence-electron chi connectivity index (χ1n) is 7.62. The van der Waals surface area contributed by atoms with Crippen LogP contribution in [0.5, 0.6) is 0 Å². The summed E-state index contributed by atoms with van der Waals surface area (Å²) in [7, 11) is -0.707. The number of halogens is 1. The van der Waals surface area contributed by atoms with Crippen LogP contribution in [0.3, 0.4) is 0 Å². The summed E-state index contributed by atoms with van der Waals surface area (Å²) in [6.45, 7) is 7.61. The van der Waals surface area contributed by atoms with E-state index in [-0.39, 0.29) is 0 Å². The zero-order valence-corrected chi connectivity index (χ0v) is 15.4. The summed E-state index contributed by atoms with van der Waals surface area (Å²) in [5.74, 6) is 0. The van der Waals surface area contributed by atoms with Crippen molar-refractivity contribution in [2.24, 2.45) is 0 Å². The fourth-order valence-corrected chi connectivity index (χ4v) is 3.45.